The third kappa shape index (κ3) is 6.29. The van der Waals surface area contributed by atoms with Crippen LogP contribution in [0.15, 0.2) is 20.4 Å². The molecule has 1 aliphatic rings. The van der Waals surface area contributed by atoms with Crippen LogP contribution in [0, 0.1) is 11.8 Å². The maximum Gasteiger partial charge on any atom is 0.100 e. The molecular weight excluding hydrogens is 304 g/mol. The molecule has 0 aromatic heterocycles. The summed E-state index contributed by atoms with van der Waals surface area (Å²) in [6.45, 7) is 6.93. The summed E-state index contributed by atoms with van der Waals surface area (Å²) in [5.41, 5.74) is 5.63. The second kappa shape index (κ2) is 10.9. The Morgan fingerprint density at radius 2 is 1.71 bits per heavy atom. The number of hydrogen-bond donors (Lipinski definition) is 2. The number of nitrogens with zero attached hydrogens (tertiary/aromatic N) is 4. The summed E-state index contributed by atoms with van der Waals surface area (Å²) < 4.78 is 0. The maximum atomic E-state index is 5.63. The Bertz CT molecular complexity index is 396. The summed E-state index contributed by atoms with van der Waals surface area (Å²) in [5.74, 6) is 2.12. The van der Waals surface area contributed by atoms with E-state index in [4.69, 9.17) is 5.73 Å². The average Bonchev–Trinajstić information content (AvgIpc) is 2.51. The summed E-state index contributed by atoms with van der Waals surface area (Å²) in [5, 5.41) is 20.9. The van der Waals surface area contributed by atoms with Crippen LogP contribution in [-0.4, -0.2) is 42.3 Å². The minimum Gasteiger partial charge on any atom is -0.322 e. The van der Waals surface area contributed by atoms with Crippen LogP contribution in [-0.2, 0) is 0 Å². The Morgan fingerprint density at radius 1 is 1.14 bits per heavy atom. The molecule has 2 atom stereocenters. The lowest BCUT2D eigenvalue weighted by Gasteiger charge is -2.29. The lowest BCUT2D eigenvalue weighted by atomic mass is 9.82. The lowest BCUT2D eigenvalue weighted by molar-refractivity contribution is 0.390. The fraction of sp³-hybridized carbons (Fsp3) is 0.692. The largest absolute Gasteiger partial charge is 0.322 e. The minimum atomic E-state index is 0.382. The summed E-state index contributed by atoms with van der Waals surface area (Å²) >= 11 is 3.24. The third-order valence-electron chi connectivity index (χ3n) is 3.31. The van der Waals surface area contributed by atoms with E-state index in [0.717, 1.165) is 41.6 Å². The molecule has 0 spiro atoms. The van der Waals surface area contributed by atoms with Crippen molar-refractivity contribution < 1.29 is 0 Å². The lowest BCUT2D eigenvalue weighted by Crippen LogP contribution is -2.26. The predicted molar refractivity (Wildman–Crippen MR) is 97.6 cm³/mol. The molecular formula is C13H24N6S2. The van der Waals surface area contributed by atoms with E-state index in [9.17, 15) is 0 Å². The first kappa shape index (κ1) is 18.3. The van der Waals surface area contributed by atoms with Gasteiger partial charge in [-0.2, -0.15) is 10.2 Å². The normalized spacial score (nSPS) is 23.9. The van der Waals surface area contributed by atoms with Gasteiger partial charge in [-0.25, -0.2) is 0 Å². The van der Waals surface area contributed by atoms with Gasteiger partial charge < -0.3 is 11.1 Å². The molecule has 0 radical (unpaired) electrons. The number of hydrogen-bond acceptors (Lipinski definition) is 8. The topological polar surface area (TPSA) is 87.5 Å². The van der Waals surface area contributed by atoms with Gasteiger partial charge in [0.1, 0.15) is 10.1 Å². The second-order valence-corrected chi connectivity index (χ2v) is 6.71. The van der Waals surface area contributed by atoms with Crippen LogP contribution in [0.1, 0.15) is 25.7 Å². The van der Waals surface area contributed by atoms with Crippen molar-refractivity contribution in [2.24, 2.45) is 38.0 Å². The first-order chi connectivity index (χ1) is 10.3. The molecule has 0 heterocycles. The smallest absolute Gasteiger partial charge is 0.100 e. The van der Waals surface area contributed by atoms with Crippen LogP contribution in [0.2, 0.25) is 0 Å². The van der Waals surface area contributed by atoms with Crippen molar-refractivity contribution in [3.8, 4) is 0 Å². The predicted octanol–water partition coefficient (Wildman–Crippen LogP) is 2.38. The highest BCUT2D eigenvalue weighted by Gasteiger charge is 2.29. The molecule has 1 fully saturated rings. The van der Waals surface area contributed by atoms with E-state index in [1.165, 1.54) is 0 Å². The van der Waals surface area contributed by atoms with Crippen molar-refractivity contribution in [3.05, 3.63) is 0 Å². The minimum absolute atomic E-state index is 0.382. The molecule has 0 bridgehead atoms. The molecule has 1 saturated carbocycles. The first-order valence-corrected chi connectivity index (χ1v) is 8.91. The molecule has 0 aromatic carbocycles. The molecule has 3 N–H and O–H groups in total. The Hall–Kier alpha value is -0.700. The fourth-order valence-electron chi connectivity index (χ4n) is 2.47. The molecule has 0 saturated heterocycles. The zero-order chi connectivity index (χ0) is 15.5. The van der Waals surface area contributed by atoms with Crippen molar-refractivity contribution >= 4 is 47.0 Å². The second-order valence-electron chi connectivity index (χ2n) is 4.67. The molecule has 1 unspecified atom stereocenters. The van der Waals surface area contributed by atoms with Gasteiger partial charge in [0.25, 0.3) is 0 Å². The highest BCUT2D eigenvalue weighted by Crippen LogP contribution is 2.35. The molecule has 0 amide bonds. The highest BCUT2D eigenvalue weighted by molar-refractivity contribution is 8.14. The zero-order valence-electron chi connectivity index (χ0n) is 12.5. The zero-order valence-corrected chi connectivity index (χ0v) is 14.1. The molecule has 118 valence electrons. The third-order valence-corrected chi connectivity index (χ3v) is 5.33. The molecule has 0 aliphatic heterocycles. The summed E-state index contributed by atoms with van der Waals surface area (Å²) in [7, 11) is 1.92. The Morgan fingerprint density at radius 3 is 2.19 bits per heavy atom. The average molecular weight is 329 g/mol. The van der Waals surface area contributed by atoms with Gasteiger partial charge >= 0.3 is 0 Å². The standard InChI is InChI=1S/C13H24N6S2/c1-15-9-21-13(19-17-3)11-6-4-5-10(7-11)12(18-16-2)20-8-14/h10-11,15H,2-9,14H2,1H3/b18-12-,19-13-/t10-,11?/m0/s1. The Labute approximate surface area is 135 Å². The summed E-state index contributed by atoms with van der Waals surface area (Å²) in [4.78, 5) is 0. The van der Waals surface area contributed by atoms with Crippen molar-refractivity contribution in [3.63, 3.8) is 0 Å². The highest BCUT2D eigenvalue weighted by atomic mass is 32.2. The molecule has 1 aliphatic carbocycles. The van der Waals surface area contributed by atoms with Crippen molar-refractivity contribution in [2.75, 3.05) is 18.8 Å². The van der Waals surface area contributed by atoms with Gasteiger partial charge in [-0.1, -0.05) is 29.9 Å². The molecule has 6 nitrogen and oxygen atoms in total. The van der Waals surface area contributed by atoms with Gasteiger partial charge in [-0.05, 0) is 26.3 Å². The maximum absolute atomic E-state index is 5.63. The van der Waals surface area contributed by atoms with Crippen LogP contribution in [0.5, 0.6) is 0 Å². The van der Waals surface area contributed by atoms with E-state index in [1.807, 2.05) is 7.05 Å². The monoisotopic (exact) mass is 328 g/mol. The van der Waals surface area contributed by atoms with E-state index < -0.39 is 0 Å². The SMILES string of the molecule is C=N/N=C(\SCNC)C1CCC[C@H](/C(=N/N=C)SCN)C1. The van der Waals surface area contributed by atoms with Gasteiger partial charge in [0.2, 0.25) is 0 Å². The van der Waals surface area contributed by atoms with Gasteiger partial charge in [-0.15, -0.1) is 10.2 Å². The van der Waals surface area contributed by atoms with E-state index in [0.29, 0.717) is 17.7 Å². The Kier molecular flexibility index (Phi) is 9.56. The Balaban J connectivity index is 2.76. The molecule has 21 heavy (non-hydrogen) atoms. The first-order valence-electron chi connectivity index (χ1n) is 6.94. The van der Waals surface area contributed by atoms with E-state index in [1.54, 1.807) is 23.5 Å². The van der Waals surface area contributed by atoms with Crippen molar-refractivity contribution in [1.29, 1.82) is 0 Å². The molecule has 0 aromatic rings. The number of rotatable bonds is 7. The van der Waals surface area contributed by atoms with Crippen molar-refractivity contribution in [2.45, 2.75) is 25.7 Å². The fourth-order valence-corrected chi connectivity index (χ4v) is 4.06. The summed E-state index contributed by atoms with van der Waals surface area (Å²) in [6.07, 6.45) is 4.40. The number of nitrogens with one attached hydrogen (secondary N) is 1. The van der Waals surface area contributed by atoms with Crippen LogP contribution in [0.4, 0.5) is 0 Å². The number of thioether (sulfide) groups is 2. The quantitative estimate of drug-likeness (QED) is 0.325. The van der Waals surface area contributed by atoms with Gasteiger partial charge in [0.15, 0.2) is 0 Å². The van der Waals surface area contributed by atoms with Gasteiger partial charge in [-0.3, -0.25) is 0 Å². The van der Waals surface area contributed by atoms with E-state index in [-0.39, 0.29) is 0 Å². The molecule has 8 heteroatoms. The molecule has 1 rings (SSSR count). The van der Waals surface area contributed by atoms with E-state index >= 15 is 0 Å². The number of nitrogens with two attached hydrogens (primary N) is 1. The summed E-state index contributed by atoms with van der Waals surface area (Å²) in [6, 6.07) is 0. The van der Waals surface area contributed by atoms with Crippen LogP contribution in [0.25, 0.3) is 0 Å². The van der Waals surface area contributed by atoms with Crippen LogP contribution >= 0.6 is 23.5 Å². The van der Waals surface area contributed by atoms with Crippen LogP contribution in [0.3, 0.4) is 0 Å². The van der Waals surface area contributed by atoms with E-state index in [2.05, 4.69) is 39.2 Å². The van der Waals surface area contributed by atoms with Gasteiger partial charge in [0, 0.05) is 37.0 Å². The van der Waals surface area contributed by atoms with Crippen LogP contribution < -0.4 is 11.1 Å². The van der Waals surface area contributed by atoms with Crippen molar-refractivity contribution in [1.82, 2.24) is 5.32 Å². The van der Waals surface area contributed by atoms with Gasteiger partial charge in [0.05, 0.1) is 0 Å².